The summed E-state index contributed by atoms with van der Waals surface area (Å²) in [4.78, 5) is 13.4. The number of nitriles is 1. The van der Waals surface area contributed by atoms with E-state index in [9.17, 15) is 4.79 Å². The second-order valence-corrected chi connectivity index (χ2v) is 6.71. The lowest BCUT2D eigenvalue weighted by Gasteiger charge is -2.21. The Morgan fingerprint density at radius 1 is 1.24 bits per heavy atom. The molecule has 6 heteroatoms. The van der Waals surface area contributed by atoms with Crippen LogP contribution in [-0.4, -0.2) is 32.1 Å². The summed E-state index contributed by atoms with van der Waals surface area (Å²) in [7, 11) is 1.97. The van der Waals surface area contributed by atoms with Crippen molar-refractivity contribution in [3.8, 4) is 11.8 Å². The van der Waals surface area contributed by atoms with E-state index in [2.05, 4.69) is 27.3 Å². The number of nitrogens with zero attached hydrogens (tertiary/aromatic N) is 1. The number of amides is 1. The van der Waals surface area contributed by atoms with E-state index in [1.54, 1.807) is 24.3 Å². The molecule has 0 saturated heterocycles. The Hall–Kier alpha value is -2.36. The highest BCUT2D eigenvalue weighted by atomic mass is 79.9. The van der Waals surface area contributed by atoms with E-state index in [1.807, 2.05) is 38.2 Å². The lowest BCUT2D eigenvalue weighted by Crippen LogP contribution is -3.14. The third-order valence-electron chi connectivity index (χ3n) is 3.99. The number of benzene rings is 2. The number of rotatable bonds is 7. The van der Waals surface area contributed by atoms with E-state index in [4.69, 9.17) is 10.00 Å². The summed E-state index contributed by atoms with van der Waals surface area (Å²) in [6, 6.07) is 16.3. The van der Waals surface area contributed by atoms with Gasteiger partial charge >= 0.3 is 0 Å². The first kappa shape index (κ1) is 19.0. The maximum Gasteiger partial charge on any atom is 0.282 e. The number of quaternary nitrogens is 1. The molecule has 2 aromatic carbocycles. The van der Waals surface area contributed by atoms with Crippen molar-refractivity contribution in [2.24, 2.45) is 0 Å². The minimum absolute atomic E-state index is 0.0640. The monoisotopic (exact) mass is 402 g/mol. The van der Waals surface area contributed by atoms with Crippen LogP contribution >= 0.6 is 15.9 Å². The predicted molar refractivity (Wildman–Crippen MR) is 101 cm³/mol. The molecule has 0 aliphatic rings. The molecule has 1 unspecified atom stereocenters. The Bertz CT molecular complexity index is 739. The molecule has 0 spiro atoms. The summed E-state index contributed by atoms with van der Waals surface area (Å²) < 4.78 is 6.71. The largest absolute Gasteiger partial charge is 0.488 e. The van der Waals surface area contributed by atoms with Crippen molar-refractivity contribution in [3.05, 3.63) is 58.6 Å². The Morgan fingerprint density at radius 3 is 2.48 bits per heavy atom. The Kier molecular flexibility index (Phi) is 6.99. The standard InChI is InChI=1S/C19H20BrN3O2/c1-14(19(24)22-17-7-3-15(13-21)4-8-17)23(2)11-12-25-18-9-5-16(20)6-10-18/h3-10,14H,11-12H2,1-2H3,(H,22,24)/p+1/t14-/m1/s1. The number of anilines is 1. The molecule has 0 aliphatic carbocycles. The lowest BCUT2D eigenvalue weighted by molar-refractivity contribution is -0.894. The van der Waals surface area contributed by atoms with Gasteiger partial charge in [-0.2, -0.15) is 5.26 Å². The zero-order chi connectivity index (χ0) is 18.2. The van der Waals surface area contributed by atoms with E-state index >= 15 is 0 Å². The van der Waals surface area contributed by atoms with Crippen molar-refractivity contribution in [3.63, 3.8) is 0 Å². The van der Waals surface area contributed by atoms with Gasteiger partial charge in [0.1, 0.15) is 18.9 Å². The second kappa shape index (κ2) is 9.21. The van der Waals surface area contributed by atoms with Gasteiger partial charge in [-0.15, -0.1) is 0 Å². The third-order valence-corrected chi connectivity index (χ3v) is 4.52. The van der Waals surface area contributed by atoms with Gasteiger partial charge in [-0.25, -0.2) is 0 Å². The molecule has 5 nitrogen and oxygen atoms in total. The van der Waals surface area contributed by atoms with Crippen molar-refractivity contribution < 1.29 is 14.4 Å². The summed E-state index contributed by atoms with van der Waals surface area (Å²) in [6.45, 7) is 3.12. The van der Waals surface area contributed by atoms with Crippen molar-refractivity contribution in [1.29, 1.82) is 5.26 Å². The first-order chi connectivity index (χ1) is 12.0. The normalized spacial score (nSPS) is 12.7. The highest BCUT2D eigenvalue weighted by molar-refractivity contribution is 9.10. The number of likely N-dealkylation sites (N-methyl/N-ethyl adjacent to an activating group) is 1. The van der Waals surface area contributed by atoms with Gasteiger partial charge in [-0.3, -0.25) is 4.79 Å². The van der Waals surface area contributed by atoms with Gasteiger partial charge in [-0.05, 0) is 55.5 Å². The molecular formula is C19H21BrN3O2+. The topological polar surface area (TPSA) is 66.6 Å². The van der Waals surface area contributed by atoms with Crippen LogP contribution in [0.25, 0.3) is 0 Å². The Morgan fingerprint density at radius 2 is 1.88 bits per heavy atom. The fourth-order valence-corrected chi connectivity index (χ4v) is 2.44. The number of carbonyl (C=O) groups excluding carboxylic acids is 1. The van der Waals surface area contributed by atoms with E-state index in [-0.39, 0.29) is 11.9 Å². The van der Waals surface area contributed by atoms with Crippen molar-refractivity contribution in [2.45, 2.75) is 13.0 Å². The predicted octanol–water partition coefficient (Wildman–Crippen LogP) is 2.24. The first-order valence-corrected chi connectivity index (χ1v) is 8.80. The number of halogens is 1. The van der Waals surface area contributed by atoms with Crippen molar-refractivity contribution in [1.82, 2.24) is 0 Å². The van der Waals surface area contributed by atoms with Crippen molar-refractivity contribution in [2.75, 3.05) is 25.5 Å². The summed E-state index contributed by atoms with van der Waals surface area (Å²) >= 11 is 3.39. The SMILES string of the molecule is C[C@H](C(=O)Nc1ccc(C#N)cc1)[NH+](C)CCOc1ccc(Br)cc1. The average Bonchev–Trinajstić information content (AvgIpc) is 2.63. The van der Waals surface area contributed by atoms with Gasteiger partial charge in [0.25, 0.3) is 5.91 Å². The molecule has 1 amide bonds. The Balaban J connectivity index is 1.79. The van der Waals surface area contributed by atoms with Crippen LogP contribution in [-0.2, 0) is 4.79 Å². The third kappa shape index (κ3) is 5.89. The molecule has 2 atom stereocenters. The van der Waals surface area contributed by atoms with Gasteiger partial charge in [-0.1, -0.05) is 15.9 Å². The van der Waals surface area contributed by atoms with Crippen LogP contribution in [0.1, 0.15) is 12.5 Å². The fourth-order valence-electron chi connectivity index (χ4n) is 2.18. The molecule has 2 N–H and O–H groups in total. The molecule has 0 heterocycles. The minimum atomic E-state index is -0.218. The maximum atomic E-state index is 12.3. The molecule has 130 valence electrons. The second-order valence-electron chi connectivity index (χ2n) is 5.80. The summed E-state index contributed by atoms with van der Waals surface area (Å²) in [6.07, 6.45) is 0. The zero-order valence-corrected chi connectivity index (χ0v) is 15.8. The summed E-state index contributed by atoms with van der Waals surface area (Å²) in [5.74, 6) is 0.747. The number of hydrogen-bond acceptors (Lipinski definition) is 3. The number of carbonyl (C=O) groups is 1. The Labute approximate surface area is 156 Å². The molecule has 0 aromatic heterocycles. The molecule has 0 radical (unpaired) electrons. The smallest absolute Gasteiger partial charge is 0.282 e. The summed E-state index contributed by atoms with van der Waals surface area (Å²) in [5.41, 5.74) is 1.26. The van der Waals surface area contributed by atoms with Gasteiger partial charge in [0.05, 0.1) is 18.7 Å². The molecule has 0 fully saturated rings. The molecular weight excluding hydrogens is 382 g/mol. The van der Waals surface area contributed by atoms with Gasteiger partial charge in [0, 0.05) is 10.2 Å². The lowest BCUT2D eigenvalue weighted by atomic mass is 10.2. The maximum absolute atomic E-state index is 12.3. The van der Waals surface area contributed by atoms with Crippen molar-refractivity contribution >= 4 is 27.5 Å². The van der Waals surface area contributed by atoms with E-state index < -0.39 is 0 Å². The van der Waals surface area contributed by atoms with E-state index in [1.165, 1.54) is 0 Å². The molecule has 2 rings (SSSR count). The fraction of sp³-hybridized carbons (Fsp3) is 0.263. The highest BCUT2D eigenvalue weighted by Gasteiger charge is 2.21. The van der Waals surface area contributed by atoms with Crippen LogP contribution in [0.15, 0.2) is 53.0 Å². The van der Waals surface area contributed by atoms with Gasteiger partial charge < -0.3 is 15.0 Å². The van der Waals surface area contributed by atoms with Crippen LogP contribution in [0.4, 0.5) is 5.69 Å². The van der Waals surface area contributed by atoms with Gasteiger partial charge in [0.2, 0.25) is 0 Å². The highest BCUT2D eigenvalue weighted by Crippen LogP contribution is 2.15. The minimum Gasteiger partial charge on any atom is -0.488 e. The van der Waals surface area contributed by atoms with Crippen LogP contribution in [0.2, 0.25) is 0 Å². The van der Waals surface area contributed by atoms with Gasteiger partial charge in [0.15, 0.2) is 6.04 Å². The zero-order valence-electron chi connectivity index (χ0n) is 14.3. The number of ether oxygens (including phenoxy) is 1. The van der Waals surface area contributed by atoms with E-state index in [0.717, 1.165) is 15.1 Å². The van der Waals surface area contributed by atoms with Crippen LogP contribution in [0.3, 0.4) is 0 Å². The number of nitrogens with one attached hydrogen (secondary N) is 2. The summed E-state index contributed by atoms with van der Waals surface area (Å²) in [5, 5.41) is 11.7. The first-order valence-electron chi connectivity index (χ1n) is 8.01. The molecule has 25 heavy (non-hydrogen) atoms. The molecule has 2 aromatic rings. The molecule has 0 saturated carbocycles. The molecule has 0 aliphatic heterocycles. The number of hydrogen-bond donors (Lipinski definition) is 2. The van der Waals surface area contributed by atoms with Crippen LogP contribution < -0.4 is 15.0 Å². The van der Waals surface area contributed by atoms with Crippen LogP contribution in [0.5, 0.6) is 5.75 Å². The quantitative estimate of drug-likeness (QED) is 0.746. The average molecular weight is 403 g/mol. The molecule has 0 bridgehead atoms. The van der Waals surface area contributed by atoms with E-state index in [0.29, 0.717) is 24.4 Å². The van der Waals surface area contributed by atoms with Crippen LogP contribution in [0, 0.1) is 11.3 Å².